The van der Waals surface area contributed by atoms with Gasteiger partial charge in [-0.15, -0.1) is 0 Å². The number of nitrogens with one attached hydrogen (secondary N) is 1. The summed E-state index contributed by atoms with van der Waals surface area (Å²) in [4.78, 5) is 2.09. The average molecular weight is 301 g/mol. The summed E-state index contributed by atoms with van der Waals surface area (Å²) >= 11 is 0. The molecule has 114 valence electrons. The Balaban J connectivity index is 2.95. The van der Waals surface area contributed by atoms with Crippen molar-refractivity contribution in [1.29, 1.82) is 0 Å². The molecule has 0 heterocycles. The number of benzene rings is 1. The molecule has 0 aliphatic heterocycles. The Morgan fingerprint density at radius 2 is 1.95 bits per heavy atom. The van der Waals surface area contributed by atoms with Crippen molar-refractivity contribution in [1.82, 2.24) is 9.62 Å². The standard InChI is InChI=1S/C13H23N3O3S/c1-13(2,16(3)4)9-15-20(17,18)10-6-7-11(14)12(8-10)19-5/h6-8,15H,9,14H2,1-5H3. The first-order valence-corrected chi connectivity index (χ1v) is 7.69. The minimum atomic E-state index is -3.59. The molecule has 0 amide bonds. The first kappa shape index (κ1) is 16.7. The number of nitrogens with two attached hydrogens (primary N) is 1. The maximum absolute atomic E-state index is 12.3. The second-order valence-electron chi connectivity index (χ2n) is 5.44. The zero-order valence-corrected chi connectivity index (χ0v) is 13.4. The molecule has 0 aliphatic rings. The summed E-state index contributed by atoms with van der Waals surface area (Å²) in [7, 11) is 1.67. The first-order chi connectivity index (χ1) is 9.10. The number of sulfonamides is 1. The predicted octanol–water partition coefficient (Wildman–Crippen LogP) is 0.896. The highest BCUT2D eigenvalue weighted by Crippen LogP contribution is 2.24. The van der Waals surface area contributed by atoms with Crippen LogP contribution < -0.4 is 15.2 Å². The lowest BCUT2D eigenvalue weighted by atomic mass is 10.1. The summed E-state index contributed by atoms with van der Waals surface area (Å²) < 4.78 is 32.2. The SMILES string of the molecule is COc1cc(S(=O)(=O)NCC(C)(C)N(C)C)ccc1N. The van der Waals surface area contributed by atoms with E-state index in [4.69, 9.17) is 10.5 Å². The molecule has 0 unspecified atom stereocenters. The van der Waals surface area contributed by atoms with E-state index in [1.165, 1.54) is 25.3 Å². The molecule has 0 aliphatic carbocycles. The Kier molecular flexibility index (Phi) is 5.01. The van der Waals surface area contributed by atoms with Gasteiger partial charge in [0, 0.05) is 18.2 Å². The molecule has 1 rings (SSSR count). The second-order valence-corrected chi connectivity index (χ2v) is 7.20. The Hall–Kier alpha value is -1.31. The van der Waals surface area contributed by atoms with Gasteiger partial charge < -0.3 is 15.4 Å². The fourth-order valence-electron chi connectivity index (χ4n) is 1.37. The summed E-state index contributed by atoms with van der Waals surface area (Å²) in [5.41, 5.74) is 5.80. The highest BCUT2D eigenvalue weighted by molar-refractivity contribution is 7.89. The number of hydrogen-bond acceptors (Lipinski definition) is 5. The van der Waals surface area contributed by atoms with Crippen molar-refractivity contribution >= 4 is 15.7 Å². The van der Waals surface area contributed by atoms with Gasteiger partial charge in [0.1, 0.15) is 5.75 Å². The maximum atomic E-state index is 12.3. The molecule has 0 bridgehead atoms. The quantitative estimate of drug-likeness (QED) is 0.763. The first-order valence-electron chi connectivity index (χ1n) is 6.21. The van der Waals surface area contributed by atoms with Gasteiger partial charge in [0.2, 0.25) is 10.0 Å². The molecule has 0 spiro atoms. The van der Waals surface area contributed by atoms with Crippen LogP contribution in [0, 0.1) is 0 Å². The molecule has 20 heavy (non-hydrogen) atoms. The van der Waals surface area contributed by atoms with Crippen LogP contribution in [-0.4, -0.2) is 46.6 Å². The second kappa shape index (κ2) is 5.99. The third kappa shape index (κ3) is 3.84. The van der Waals surface area contributed by atoms with Gasteiger partial charge in [-0.2, -0.15) is 0 Å². The number of rotatable bonds is 6. The van der Waals surface area contributed by atoms with Crippen LogP contribution in [0.25, 0.3) is 0 Å². The number of methoxy groups -OCH3 is 1. The van der Waals surface area contributed by atoms with Crippen molar-refractivity contribution in [3.05, 3.63) is 18.2 Å². The van der Waals surface area contributed by atoms with E-state index in [2.05, 4.69) is 4.72 Å². The van der Waals surface area contributed by atoms with E-state index < -0.39 is 10.0 Å². The Labute approximate surface area is 121 Å². The van der Waals surface area contributed by atoms with Gasteiger partial charge in [-0.3, -0.25) is 0 Å². The third-order valence-corrected chi connectivity index (χ3v) is 4.82. The lowest BCUT2D eigenvalue weighted by Gasteiger charge is -2.32. The van der Waals surface area contributed by atoms with Crippen LogP contribution in [0.5, 0.6) is 5.75 Å². The van der Waals surface area contributed by atoms with Crippen molar-refractivity contribution in [2.45, 2.75) is 24.3 Å². The Morgan fingerprint density at radius 3 is 2.45 bits per heavy atom. The van der Waals surface area contributed by atoms with Crippen molar-refractivity contribution in [3.8, 4) is 5.75 Å². The topological polar surface area (TPSA) is 84.7 Å². The van der Waals surface area contributed by atoms with E-state index in [-0.39, 0.29) is 10.4 Å². The number of likely N-dealkylation sites (N-methyl/N-ethyl adjacent to an activating group) is 1. The molecule has 6 nitrogen and oxygen atoms in total. The molecular formula is C13H23N3O3S. The van der Waals surface area contributed by atoms with Crippen molar-refractivity contribution < 1.29 is 13.2 Å². The van der Waals surface area contributed by atoms with Crippen LogP contribution in [0.1, 0.15) is 13.8 Å². The lowest BCUT2D eigenvalue weighted by molar-refractivity contribution is 0.199. The molecule has 0 radical (unpaired) electrons. The number of ether oxygens (including phenoxy) is 1. The summed E-state index contributed by atoms with van der Waals surface area (Å²) in [6.45, 7) is 4.22. The molecule has 3 N–H and O–H groups in total. The van der Waals surface area contributed by atoms with Gasteiger partial charge in [-0.25, -0.2) is 13.1 Å². The number of nitrogen functional groups attached to an aromatic ring is 1. The fraction of sp³-hybridized carbons (Fsp3) is 0.538. The van der Waals surface area contributed by atoms with Crippen LogP contribution in [0.3, 0.4) is 0 Å². The number of hydrogen-bond donors (Lipinski definition) is 2. The molecule has 0 atom stereocenters. The highest BCUT2D eigenvalue weighted by atomic mass is 32.2. The zero-order chi connectivity index (χ0) is 15.6. The van der Waals surface area contributed by atoms with Gasteiger partial charge in [0.05, 0.1) is 17.7 Å². The van der Waals surface area contributed by atoms with Crippen LogP contribution in [0.15, 0.2) is 23.1 Å². The summed E-state index contributed by atoms with van der Waals surface area (Å²) in [5, 5.41) is 0. The van der Waals surface area contributed by atoms with E-state index in [9.17, 15) is 8.42 Å². The van der Waals surface area contributed by atoms with Crippen LogP contribution >= 0.6 is 0 Å². The molecule has 0 saturated heterocycles. The molecule has 0 fully saturated rings. The minimum absolute atomic E-state index is 0.137. The van der Waals surface area contributed by atoms with Gasteiger partial charge in [0.15, 0.2) is 0 Å². The van der Waals surface area contributed by atoms with Gasteiger partial charge >= 0.3 is 0 Å². The predicted molar refractivity (Wildman–Crippen MR) is 80.4 cm³/mol. The minimum Gasteiger partial charge on any atom is -0.495 e. The number of anilines is 1. The molecule has 7 heteroatoms. The fourth-order valence-corrected chi connectivity index (χ4v) is 2.59. The molecular weight excluding hydrogens is 278 g/mol. The van der Waals surface area contributed by atoms with Crippen molar-refractivity contribution in [2.75, 3.05) is 33.5 Å². The van der Waals surface area contributed by atoms with E-state index in [0.717, 1.165) is 0 Å². The largest absolute Gasteiger partial charge is 0.495 e. The van der Waals surface area contributed by atoms with Crippen LogP contribution in [0.2, 0.25) is 0 Å². The molecule has 0 saturated carbocycles. The van der Waals surface area contributed by atoms with Crippen molar-refractivity contribution in [2.24, 2.45) is 0 Å². The van der Waals surface area contributed by atoms with E-state index in [1.807, 2.05) is 32.8 Å². The van der Waals surface area contributed by atoms with Gasteiger partial charge in [0.25, 0.3) is 0 Å². The van der Waals surface area contributed by atoms with Crippen molar-refractivity contribution in [3.63, 3.8) is 0 Å². The van der Waals surface area contributed by atoms with Gasteiger partial charge in [-0.05, 0) is 40.1 Å². The summed E-state index contributed by atoms with van der Waals surface area (Å²) in [6, 6.07) is 4.40. The van der Waals surface area contributed by atoms with Crippen LogP contribution in [-0.2, 0) is 10.0 Å². The molecule has 1 aromatic carbocycles. The Morgan fingerprint density at radius 1 is 1.35 bits per heavy atom. The third-order valence-electron chi connectivity index (χ3n) is 3.42. The van der Waals surface area contributed by atoms with E-state index >= 15 is 0 Å². The Bertz CT molecular complexity index is 568. The maximum Gasteiger partial charge on any atom is 0.240 e. The normalized spacial score (nSPS) is 12.7. The molecule has 0 aromatic heterocycles. The summed E-state index contributed by atoms with van der Waals surface area (Å²) in [5.74, 6) is 0.347. The smallest absolute Gasteiger partial charge is 0.240 e. The highest BCUT2D eigenvalue weighted by Gasteiger charge is 2.24. The van der Waals surface area contributed by atoms with E-state index in [1.54, 1.807) is 0 Å². The van der Waals surface area contributed by atoms with E-state index in [0.29, 0.717) is 18.0 Å². The zero-order valence-electron chi connectivity index (χ0n) is 12.6. The molecule has 1 aromatic rings. The van der Waals surface area contributed by atoms with Gasteiger partial charge in [-0.1, -0.05) is 0 Å². The lowest BCUT2D eigenvalue weighted by Crippen LogP contribution is -2.48. The summed E-state index contributed by atoms with van der Waals surface area (Å²) in [6.07, 6.45) is 0. The average Bonchev–Trinajstić information content (AvgIpc) is 2.37. The number of nitrogens with zero attached hydrogens (tertiary/aromatic N) is 1. The monoisotopic (exact) mass is 301 g/mol. The van der Waals surface area contributed by atoms with Crippen LogP contribution in [0.4, 0.5) is 5.69 Å².